The number of ether oxygens (including phenoxy) is 1. The van der Waals surface area contributed by atoms with Crippen molar-refractivity contribution < 1.29 is 9.53 Å². The molecule has 0 aromatic carbocycles. The first-order valence-corrected chi connectivity index (χ1v) is 5.79. The monoisotopic (exact) mass is 250 g/mol. The van der Waals surface area contributed by atoms with Crippen molar-refractivity contribution in [3.8, 4) is 0 Å². The third-order valence-electron chi connectivity index (χ3n) is 2.91. The molecule has 1 rings (SSSR count). The lowest BCUT2D eigenvalue weighted by molar-refractivity contribution is -0.140. The molecule has 1 fully saturated rings. The highest BCUT2D eigenvalue weighted by Gasteiger charge is 2.28. The van der Waals surface area contributed by atoms with Crippen LogP contribution in [0, 0.1) is 0 Å². The highest BCUT2D eigenvalue weighted by molar-refractivity contribution is 5.85. The van der Waals surface area contributed by atoms with E-state index in [1.54, 1.807) is 0 Å². The van der Waals surface area contributed by atoms with E-state index in [2.05, 4.69) is 0 Å². The van der Waals surface area contributed by atoms with Crippen LogP contribution >= 0.6 is 12.4 Å². The summed E-state index contributed by atoms with van der Waals surface area (Å²) >= 11 is 0. The maximum atomic E-state index is 11.8. The van der Waals surface area contributed by atoms with Crippen molar-refractivity contribution in [1.29, 1.82) is 0 Å². The third-order valence-corrected chi connectivity index (χ3v) is 2.91. The van der Waals surface area contributed by atoms with Gasteiger partial charge in [-0.15, -0.1) is 12.4 Å². The van der Waals surface area contributed by atoms with Crippen LogP contribution in [0.2, 0.25) is 0 Å². The molecule has 1 heterocycles. The summed E-state index contributed by atoms with van der Waals surface area (Å²) in [7, 11) is 0. The number of hydrogen-bond acceptors (Lipinski definition) is 3. The molecule has 0 radical (unpaired) electrons. The van der Waals surface area contributed by atoms with Gasteiger partial charge in [0.25, 0.3) is 0 Å². The molecule has 1 amide bonds. The number of hydrogen-bond donors (Lipinski definition) is 1. The zero-order valence-electron chi connectivity index (χ0n) is 10.1. The standard InChI is InChI=1S/C11H22N2O2.ClH/c1-3-15-8-11(14)13-7-5-4-6-10(13)9(2)12;/h9-10H,3-8,12H2,1-2H3;1H. The third kappa shape index (κ3) is 4.28. The predicted molar refractivity (Wildman–Crippen MR) is 66.7 cm³/mol. The minimum atomic E-state index is 0. The number of carbonyl (C=O) groups is 1. The fraction of sp³-hybridized carbons (Fsp3) is 0.909. The highest BCUT2D eigenvalue weighted by Crippen LogP contribution is 2.19. The highest BCUT2D eigenvalue weighted by atomic mass is 35.5. The average molecular weight is 251 g/mol. The topological polar surface area (TPSA) is 55.6 Å². The van der Waals surface area contributed by atoms with E-state index in [4.69, 9.17) is 10.5 Å². The first-order chi connectivity index (χ1) is 7.16. The lowest BCUT2D eigenvalue weighted by Crippen LogP contribution is -2.52. The molecule has 4 nitrogen and oxygen atoms in total. The van der Waals surface area contributed by atoms with Crippen LogP contribution < -0.4 is 5.73 Å². The Kier molecular flexibility index (Phi) is 7.72. The van der Waals surface area contributed by atoms with Crippen molar-refractivity contribution in [2.24, 2.45) is 5.73 Å². The fourth-order valence-electron chi connectivity index (χ4n) is 2.09. The number of nitrogens with two attached hydrogens (primary N) is 1. The van der Waals surface area contributed by atoms with Crippen LogP contribution in [0.1, 0.15) is 33.1 Å². The maximum absolute atomic E-state index is 11.8. The summed E-state index contributed by atoms with van der Waals surface area (Å²) in [6.45, 7) is 5.48. The molecule has 1 saturated heterocycles. The lowest BCUT2D eigenvalue weighted by atomic mass is 9.97. The molecule has 2 N–H and O–H groups in total. The number of amides is 1. The van der Waals surface area contributed by atoms with E-state index in [9.17, 15) is 4.79 Å². The smallest absolute Gasteiger partial charge is 0.248 e. The van der Waals surface area contributed by atoms with Gasteiger partial charge in [-0.25, -0.2) is 0 Å². The molecule has 0 aliphatic carbocycles. The minimum absolute atomic E-state index is 0. The van der Waals surface area contributed by atoms with E-state index in [0.29, 0.717) is 6.61 Å². The molecule has 0 spiro atoms. The molecule has 2 atom stereocenters. The Morgan fingerprint density at radius 1 is 1.56 bits per heavy atom. The summed E-state index contributed by atoms with van der Waals surface area (Å²) in [6.07, 6.45) is 3.28. The Morgan fingerprint density at radius 2 is 2.25 bits per heavy atom. The SMILES string of the molecule is CCOCC(=O)N1CCCCC1C(C)N.Cl. The Hall–Kier alpha value is -0.320. The van der Waals surface area contributed by atoms with Crippen molar-refractivity contribution >= 4 is 18.3 Å². The normalized spacial score (nSPS) is 22.4. The van der Waals surface area contributed by atoms with Gasteiger partial charge in [-0.1, -0.05) is 0 Å². The van der Waals surface area contributed by atoms with Crippen LogP contribution in [-0.4, -0.2) is 42.6 Å². The summed E-state index contributed by atoms with van der Waals surface area (Å²) < 4.78 is 5.14. The number of halogens is 1. The average Bonchev–Trinajstić information content (AvgIpc) is 2.25. The maximum Gasteiger partial charge on any atom is 0.248 e. The zero-order valence-corrected chi connectivity index (χ0v) is 11.0. The van der Waals surface area contributed by atoms with E-state index in [0.717, 1.165) is 19.4 Å². The van der Waals surface area contributed by atoms with Crippen molar-refractivity contribution in [2.75, 3.05) is 19.8 Å². The van der Waals surface area contributed by atoms with Crippen LogP contribution in [0.5, 0.6) is 0 Å². The molecule has 0 saturated carbocycles. The quantitative estimate of drug-likeness (QED) is 0.815. The van der Waals surface area contributed by atoms with Gasteiger partial charge < -0.3 is 15.4 Å². The molecule has 1 aliphatic rings. The van der Waals surface area contributed by atoms with Crippen molar-refractivity contribution in [1.82, 2.24) is 4.90 Å². The molecule has 0 aromatic rings. The second-order valence-electron chi connectivity index (χ2n) is 4.15. The number of carbonyl (C=O) groups excluding carboxylic acids is 1. The van der Waals surface area contributed by atoms with Gasteiger partial charge in [0.15, 0.2) is 0 Å². The number of nitrogens with zero attached hydrogens (tertiary/aromatic N) is 1. The van der Waals surface area contributed by atoms with Gasteiger partial charge >= 0.3 is 0 Å². The van der Waals surface area contributed by atoms with Gasteiger partial charge in [0, 0.05) is 25.2 Å². The van der Waals surface area contributed by atoms with E-state index >= 15 is 0 Å². The number of likely N-dealkylation sites (tertiary alicyclic amines) is 1. The zero-order chi connectivity index (χ0) is 11.3. The minimum Gasteiger partial charge on any atom is -0.372 e. The van der Waals surface area contributed by atoms with E-state index in [-0.39, 0.29) is 37.0 Å². The van der Waals surface area contributed by atoms with Gasteiger partial charge in [0.2, 0.25) is 5.91 Å². The van der Waals surface area contributed by atoms with E-state index in [1.165, 1.54) is 6.42 Å². The van der Waals surface area contributed by atoms with Gasteiger partial charge in [-0.2, -0.15) is 0 Å². The van der Waals surface area contributed by atoms with E-state index in [1.807, 2.05) is 18.7 Å². The molecule has 1 aliphatic heterocycles. The first-order valence-electron chi connectivity index (χ1n) is 5.79. The molecule has 16 heavy (non-hydrogen) atoms. The number of rotatable bonds is 4. The first kappa shape index (κ1) is 15.7. The fourth-order valence-corrected chi connectivity index (χ4v) is 2.09. The molecule has 0 bridgehead atoms. The Bertz CT molecular complexity index is 212. The van der Waals surface area contributed by atoms with Crippen LogP contribution in [0.4, 0.5) is 0 Å². The molecular formula is C11H23ClN2O2. The van der Waals surface area contributed by atoms with Crippen LogP contribution in [0.25, 0.3) is 0 Å². The summed E-state index contributed by atoms with van der Waals surface area (Å²) in [6, 6.07) is 0.252. The van der Waals surface area contributed by atoms with Crippen LogP contribution in [0.3, 0.4) is 0 Å². The van der Waals surface area contributed by atoms with Crippen LogP contribution in [0.15, 0.2) is 0 Å². The van der Waals surface area contributed by atoms with Crippen molar-refractivity contribution in [3.63, 3.8) is 0 Å². The van der Waals surface area contributed by atoms with Gasteiger partial charge in [-0.05, 0) is 33.1 Å². The van der Waals surface area contributed by atoms with Gasteiger partial charge in [0.05, 0.1) is 0 Å². The summed E-state index contributed by atoms with van der Waals surface area (Å²) in [4.78, 5) is 13.7. The van der Waals surface area contributed by atoms with Gasteiger partial charge in [-0.3, -0.25) is 4.79 Å². The predicted octanol–water partition coefficient (Wildman–Crippen LogP) is 1.17. The van der Waals surface area contributed by atoms with Crippen molar-refractivity contribution in [2.45, 2.75) is 45.2 Å². The largest absolute Gasteiger partial charge is 0.372 e. The Morgan fingerprint density at radius 3 is 2.81 bits per heavy atom. The molecule has 0 aromatic heterocycles. The molecular weight excluding hydrogens is 228 g/mol. The summed E-state index contributed by atoms with van der Waals surface area (Å²) in [5.74, 6) is 0.0823. The summed E-state index contributed by atoms with van der Waals surface area (Å²) in [5, 5.41) is 0. The second kappa shape index (κ2) is 7.87. The molecule has 96 valence electrons. The Labute approximate surface area is 104 Å². The second-order valence-corrected chi connectivity index (χ2v) is 4.15. The number of piperidine rings is 1. The van der Waals surface area contributed by atoms with E-state index < -0.39 is 0 Å². The molecule has 5 heteroatoms. The summed E-state index contributed by atoms with van der Waals surface area (Å²) in [5.41, 5.74) is 5.89. The molecule has 2 unspecified atom stereocenters. The van der Waals surface area contributed by atoms with Crippen molar-refractivity contribution in [3.05, 3.63) is 0 Å². The van der Waals surface area contributed by atoms with Crippen LogP contribution in [-0.2, 0) is 9.53 Å². The van der Waals surface area contributed by atoms with Gasteiger partial charge in [0.1, 0.15) is 6.61 Å². The lowest BCUT2D eigenvalue weighted by Gasteiger charge is -2.38. The Balaban J connectivity index is 0.00000225.